The molecule has 0 saturated carbocycles. The Bertz CT molecular complexity index is 1170. The minimum atomic E-state index is -1.09. The van der Waals surface area contributed by atoms with Crippen LogP contribution < -0.4 is 24.6 Å². The number of aliphatic carboxylic acids is 1. The number of ether oxygens (including phenoxy) is 4. The van der Waals surface area contributed by atoms with Gasteiger partial charge in [0.1, 0.15) is 17.9 Å². The average Bonchev–Trinajstić information content (AvgIpc) is 2.75. The number of hydrogen-bond donors (Lipinski definition) is 1. The van der Waals surface area contributed by atoms with Crippen molar-refractivity contribution in [3.8, 4) is 23.0 Å². The summed E-state index contributed by atoms with van der Waals surface area (Å²) in [4.78, 5) is 23.4. The minimum absolute atomic E-state index is 0.144. The maximum Gasteiger partial charge on any atom is 0.340 e. The van der Waals surface area contributed by atoms with Crippen LogP contribution in [0.5, 0.6) is 23.0 Å². The van der Waals surface area contributed by atoms with Crippen LogP contribution in [0, 0.1) is 13.8 Å². The standard InChI is InChI=1S/C23H24O8/c1-12-15-6-7-17(13(2)21(15)31-23(26)16(12)10-20(24)25)30-11-14-8-18(27-3)22(29-5)19(9-14)28-4/h6-9H,10-11H2,1-5H3,(H,24,25). The third-order valence-electron chi connectivity index (χ3n) is 5.10. The van der Waals surface area contributed by atoms with Crippen LogP contribution in [0.3, 0.4) is 0 Å². The first-order valence-corrected chi connectivity index (χ1v) is 9.50. The summed E-state index contributed by atoms with van der Waals surface area (Å²) in [5.41, 5.74) is 1.89. The predicted molar refractivity (Wildman–Crippen MR) is 114 cm³/mol. The normalized spacial score (nSPS) is 10.7. The van der Waals surface area contributed by atoms with E-state index in [4.69, 9.17) is 28.5 Å². The zero-order valence-electron chi connectivity index (χ0n) is 18.0. The Labute approximate surface area is 178 Å². The van der Waals surface area contributed by atoms with E-state index in [0.29, 0.717) is 45.1 Å². The highest BCUT2D eigenvalue weighted by atomic mass is 16.5. The van der Waals surface area contributed by atoms with Crippen molar-refractivity contribution in [2.24, 2.45) is 0 Å². The summed E-state index contributed by atoms with van der Waals surface area (Å²) in [5.74, 6) is 0.975. The molecule has 2 aromatic carbocycles. The Balaban J connectivity index is 1.95. The van der Waals surface area contributed by atoms with E-state index in [0.717, 1.165) is 5.56 Å². The van der Waals surface area contributed by atoms with Gasteiger partial charge in [-0.05, 0) is 49.2 Å². The van der Waals surface area contributed by atoms with E-state index in [9.17, 15) is 9.59 Å². The molecule has 0 aliphatic heterocycles. The fourth-order valence-electron chi connectivity index (χ4n) is 3.46. The largest absolute Gasteiger partial charge is 0.493 e. The quantitative estimate of drug-likeness (QED) is 0.542. The molecule has 8 nitrogen and oxygen atoms in total. The van der Waals surface area contributed by atoms with Gasteiger partial charge in [-0.3, -0.25) is 4.79 Å². The van der Waals surface area contributed by atoms with Gasteiger partial charge < -0.3 is 28.5 Å². The van der Waals surface area contributed by atoms with Crippen LogP contribution in [0.2, 0.25) is 0 Å². The molecule has 0 aliphatic carbocycles. The number of carbonyl (C=O) groups is 1. The van der Waals surface area contributed by atoms with Crippen LogP contribution in [0.15, 0.2) is 33.5 Å². The molecule has 164 valence electrons. The maximum atomic E-state index is 12.3. The van der Waals surface area contributed by atoms with Crippen molar-refractivity contribution >= 4 is 16.9 Å². The second-order valence-corrected chi connectivity index (χ2v) is 6.95. The monoisotopic (exact) mass is 428 g/mol. The molecule has 0 amide bonds. The lowest BCUT2D eigenvalue weighted by atomic mass is 10.0. The van der Waals surface area contributed by atoms with Crippen molar-refractivity contribution in [2.75, 3.05) is 21.3 Å². The van der Waals surface area contributed by atoms with Crippen LogP contribution >= 0.6 is 0 Å². The highest BCUT2D eigenvalue weighted by Gasteiger charge is 2.18. The van der Waals surface area contributed by atoms with E-state index >= 15 is 0 Å². The van der Waals surface area contributed by atoms with Crippen LogP contribution in [-0.2, 0) is 17.8 Å². The summed E-state index contributed by atoms with van der Waals surface area (Å²) in [7, 11) is 4.61. The number of aryl methyl sites for hydroxylation is 2. The van der Waals surface area contributed by atoms with Crippen LogP contribution in [-0.4, -0.2) is 32.4 Å². The highest BCUT2D eigenvalue weighted by Crippen LogP contribution is 2.38. The summed E-state index contributed by atoms with van der Waals surface area (Å²) in [6, 6.07) is 7.12. The molecular weight excluding hydrogens is 404 g/mol. The molecule has 0 fully saturated rings. The lowest BCUT2D eigenvalue weighted by Gasteiger charge is -2.16. The number of benzene rings is 2. The van der Waals surface area contributed by atoms with Gasteiger partial charge in [-0.1, -0.05) is 0 Å². The van der Waals surface area contributed by atoms with Crippen LogP contribution in [0.25, 0.3) is 11.0 Å². The number of fused-ring (bicyclic) bond motifs is 1. The second-order valence-electron chi connectivity index (χ2n) is 6.95. The van der Waals surface area contributed by atoms with Crippen molar-refractivity contribution in [1.82, 2.24) is 0 Å². The van der Waals surface area contributed by atoms with E-state index < -0.39 is 11.6 Å². The van der Waals surface area contributed by atoms with Crippen molar-refractivity contribution in [3.63, 3.8) is 0 Å². The third-order valence-corrected chi connectivity index (χ3v) is 5.10. The molecule has 0 atom stereocenters. The Morgan fingerprint density at radius 2 is 1.61 bits per heavy atom. The molecule has 0 unspecified atom stereocenters. The molecule has 8 heteroatoms. The number of methoxy groups -OCH3 is 3. The molecule has 1 aromatic heterocycles. The molecule has 3 rings (SSSR count). The molecule has 0 spiro atoms. The Morgan fingerprint density at radius 1 is 0.968 bits per heavy atom. The summed E-state index contributed by atoms with van der Waals surface area (Å²) >= 11 is 0. The lowest BCUT2D eigenvalue weighted by molar-refractivity contribution is -0.136. The molecule has 3 aromatic rings. The first-order valence-electron chi connectivity index (χ1n) is 9.50. The molecule has 0 aliphatic rings. The topological polar surface area (TPSA) is 104 Å². The fourth-order valence-corrected chi connectivity index (χ4v) is 3.46. The molecule has 1 heterocycles. The van der Waals surface area contributed by atoms with Crippen LogP contribution in [0.4, 0.5) is 0 Å². The number of rotatable bonds is 8. The molecule has 1 N–H and O–H groups in total. The molecule has 31 heavy (non-hydrogen) atoms. The summed E-state index contributed by atoms with van der Waals surface area (Å²) in [6.45, 7) is 3.71. The van der Waals surface area contributed by atoms with E-state index in [-0.39, 0.29) is 18.6 Å². The smallest absolute Gasteiger partial charge is 0.340 e. The Kier molecular flexibility index (Phi) is 6.39. The van der Waals surface area contributed by atoms with Crippen molar-refractivity contribution in [2.45, 2.75) is 26.9 Å². The molecule has 0 radical (unpaired) electrons. The number of carboxylic acids is 1. The fraction of sp³-hybridized carbons (Fsp3) is 0.304. The number of carboxylic acid groups (broad SMARTS) is 1. The number of hydrogen-bond acceptors (Lipinski definition) is 7. The van der Waals surface area contributed by atoms with E-state index in [1.807, 2.05) is 0 Å². The van der Waals surface area contributed by atoms with Gasteiger partial charge in [0, 0.05) is 10.9 Å². The summed E-state index contributed by atoms with van der Waals surface area (Å²) in [6.07, 6.45) is -0.386. The Hall–Kier alpha value is -3.68. The van der Waals surface area contributed by atoms with Gasteiger partial charge in [-0.15, -0.1) is 0 Å². The van der Waals surface area contributed by atoms with Gasteiger partial charge >= 0.3 is 11.6 Å². The van der Waals surface area contributed by atoms with Gasteiger partial charge in [-0.25, -0.2) is 4.79 Å². The van der Waals surface area contributed by atoms with Crippen molar-refractivity contribution < 1.29 is 33.3 Å². The first-order chi connectivity index (χ1) is 14.8. The second kappa shape index (κ2) is 8.99. The minimum Gasteiger partial charge on any atom is -0.493 e. The van der Waals surface area contributed by atoms with E-state index in [2.05, 4.69) is 0 Å². The summed E-state index contributed by atoms with van der Waals surface area (Å²) < 4.78 is 27.5. The van der Waals surface area contributed by atoms with Gasteiger partial charge in [0.05, 0.1) is 33.3 Å². The van der Waals surface area contributed by atoms with Crippen molar-refractivity contribution in [3.05, 3.63) is 56.9 Å². The van der Waals surface area contributed by atoms with Gasteiger partial charge in [0.15, 0.2) is 11.5 Å². The first kappa shape index (κ1) is 22.0. The molecule has 0 saturated heterocycles. The zero-order valence-corrected chi connectivity index (χ0v) is 18.0. The maximum absolute atomic E-state index is 12.3. The SMILES string of the molecule is COc1cc(COc2ccc3c(C)c(CC(=O)O)c(=O)oc3c2C)cc(OC)c1OC. The van der Waals surface area contributed by atoms with E-state index in [1.165, 1.54) is 7.11 Å². The summed E-state index contributed by atoms with van der Waals surface area (Å²) in [5, 5.41) is 9.72. The predicted octanol–water partition coefficient (Wildman–Crippen LogP) is 3.64. The third kappa shape index (κ3) is 4.28. The average molecular weight is 428 g/mol. The lowest BCUT2D eigenvalue weighted by Crippen LogP contribution is -2.15. The highest BCUT2D eigenvalue weighted by molar-refractivity contribution is 5.86. The van der Waals surface area contributed by atoms with E-state index in [1.54, 1.807) is 52.3 Å². The van der Waals surface area contributed by atoms with Crippen LogP contribution in [0.1, 0.15) is 22.3 Å². The van der Waals surface area contributed by atoms with Gasteiger partial charge in [-0.2, -0.15) is 0 Å². The molecule has 0 bridgehead atoms. The molecular formula is C23H24O8. The van der Waals surface area contributed by atoms with Gasteiger partial charge in [0.2, 0.25) is 5.75 Å². The van der Waals surface area contributed by atoms with Crippen molar-refractivity contribution in [1.29, 1.82) is 0 Å². The Morgan fingerprint density at radius 3 is 2.16 bits per heavy atom. The zero-order chi connectivity index (χ0) is 22.7. The van der Waals surface area contributed by atoms with Gasteiger partial charge in [0.25, 0.3) is 0 Å².